The molecule has 0 atom stereocenters. The van der Waals surface area contributed by atoms with Gasteiger partial charge < -0.3 is 5.32 Å². The number of carbonyl (C=O) groups excluding carboxylic acids is 2. The molecule has 1 aromatic heterocycles. The third-order valence-electron chi connectivity index (χ3n) is 4.41. The zero-order valence-corrected chi connectivity index (χ0v) is 17.4. The Morgan fingerprint density at radius 2 is 1.67 bits per heavy atom. The number of aryl methyl sites for hydroxylation is 1. The smallest absolute Gasteiger partial charge is 0.266 e. The van der Waals surface area contributed by atoms with E-state index in [0.29, 0.717) is 16.9 Å². The number of hydrogen-bond donors (Lipinski definition) is 1. The van der Waals surface area contributed by atoms with Crippen LogP contribution in [-0.4, -0.2) is 31.6 Å². The van der Waals surface area contributed by atoms with E-state index in [1.165, 1.54) is 31.5 Å². The number of anilines is 2. The van der Waals surface area contributed by atoms with Gasteiger partial charge in [-0.15, -0.1) is 0 Å². The molecule has 1 heterocycles. The van der Waals surface area contributed by atoms with Gasteiger partial charge in [0.05, 0.1) is 5.69 Å². The summed E-state index contributed by atoms with van der Waals surface area (Å²) in [4.78, 5) is 27.9. The van der Waals surface area contributed by atoms with E-state index >= 15 is 0 Å². The van der Waals surface area contributed by atoms with Crippen molar-refractivity contribution in [2.24, 2.45) is 0 Å². The number of Topliss-reactive ketones (excluding diaryl/α,β-unsaturated/α-hetero) is 1. The molecular formula is C22H21N3O4S. The number of amides is 1. The Morgan fingerprint density at radius 1 is 1.00 bits per heavy atom. The number of ketones is 1. The summed E-state index contributed by atoms with van der Waals surface area (Å²) >= 11 is 0. The van der Waals surface area contributed by atoms with Gasteiger partial charge in [0.1, 0.15) is 11.4 Å². The summed E-state index contributed by atoms with van der Waals surface area (Å²) in [6.07, 6.45) is 2.72. The Labute approximate surface area is 175 Å². The van der Waals surface area contributed by atoms with Gasteiger partial charge in [0, 0.05) is 23.6 Å². The number of benzene rings is 2. The van der Waals surface area contributed by atoms with E-state index in [9.17, 15) is 18.0 Å². The van der Waals surface area contributed by atoms with Gasteiger partial charge in [-0.3, -0.25) is 18.9 Å². The normalized spacial score (nSPS) is 11.0. The lowest BCUT2D eigenvalue weighted by molar-refractivity contribution is -0.114. The molecule has 0 aliphatic rings. The van der Waals surface area contributed by atoms with E-state index in [-0.39, 0.29) is 10.7 Å². The van der Waals surface area contributed by atoms with E-state index in [4.69, 9.17) is 0 Å². The van der Waals surface area contributed by atoms with Crippen LogP contribution in [0.4, 0.5) is 11.4 Å². The molecule has 2 aromatic carbocycles. The van der Waals surface area contributed by atoms with Crippen LogP contribution < -0.4 is 9.62 Å². The number of carbonyl (C=O) groups is 2. The van der Waals surface area contributed by atoms with Gasteiger partial charge in [-0.05, 0) is 62.4 Å². The third kappa shape index (κ3) is 4.90. The highest BCUT2D eigenvalue weighted by atomic mass is 32.2. The van der Waals surface area contributed by atoms with Crippen molar-refractivity contribution in [3.63, 3.8) is 0 Å². The second-order valence-electron chi connectivity index (χ2n) is 6.72. The molecule has 0 unspecified atom stereocenters. The Balaban J connectivity index is 1.88. The van der Waals surface area contributed by atoms with Crippen molar-refractivity contribution < 1.29 is 18.0 Å². The summed E-state index contributed by atoms with van der Waals surface area (Å²) in [5.74, 6) is -0.598. The molecule has 0 saturated heterocycles. The van der Waals surface area contributed by atoms with Crippen LogP contribution in [0.5, 0.6) is 0 Å². The maximum atomic E-state index is 13.2. The predicted molar refractivity (Wildman–Crippen MR) is 115 cm³/mol. The minimum absolute atomic E-state index is 0.0100. The summed E-state index contributed by atoms with van der Waals surface area (Å²) in [7, 11) is -4.01. The average molecular weight is 423 g/mol. The fourth-order valence-electron chi connectivity index (χ4n) is 2.77. The molecule has 8 heteroatoms. The number of pyridine rings is 1. The quantitative estimate of drug-likeness (QED) is 0.588. The molecule has 7 nitrogen and oxygen atoms in total. The van der Waals surface area contributed by atoms with Gasteiger partial charge in [-0.1, -0.05) is 17.7 Å². The number of nitrogens with zero attached hydrogens (tertiary/aromatic N) is 2. The third-order valence-corrected chi connectivity index (χ3v) is 6.16. The molecule has 0 fully saturated rings. The van der Waals surface area contributed by atoms with Crippen LogP contribution in [0, 0.1) is 6.92 Å². The zero-order chi connectivity index (χ0) is 21.7. The summed E-state index contributed by atoms with van der Waals surface area (Å²) in [5, 5.41) is 2.67. The van der Waals surface area contributed by atoms with E-state index in [1.54, 1.807) is 48.5 Å². The Hall–Kier alpha value is -3.52. The first-order valence-electron chi connectivity index (χ1n) is 9.17. The van der Waals surface area contributed by atoms with E-state index in [0.717, 1.165) is 9.87 Å². The Kier molecular flexibility index (Phi) is 6.27. The van der Waals surface area contributed by atoms with Crippen LogP contribution in [0.2, 0.25) is 0 Å². The summed E-state index contributed by atoms with van der Waals surface area (Å²) < 4.78 is 27.4. The summed E-state index contributed by atoms with van der Waals surface area (Å²) in [6, 6.07) is 16.2. The number of nitrogens with one attached hydrogen (secondary N) is 1. The summed E-state index contributed by atoms with van der Waals surface area (Å²) in [6.45, 7) is 2.92. The van der Waals surface area contributed by atoms with Gasteiger partial charge >= 0.3 is 0 Å². The molecule has 3 aromatic rings. The van der Waals surface area contributed by atoms with Crippen molar-refractivity contribution in [3.8, 4) is 0 Å². The first kappa shape index (κ1) is 21.2. The lowest BCUT2D eigenvalue weighted by Gasteiger charge is -2.24. The average Bonchev–Trinajstić information content (AvgIpc) is 2.74. The van der Waals surface area contributed by atoms with E-state index in [2.05, 4.69) is 10.3 Å². The molecule has 1 amide bonds. The topological polar surface area (TPSA) is 96.4 Å². The molecule has 0 saturated carbocycles. The van der Waals surface area contributed by atoms with Crippen molar-refractivity contribution in [1.29, 1.82) is 0 Å². The maximum absolute atomic E-state index is 13.2. The molecular weight excluding hydrogens is 402 g/mol. The monoisotopic (exact) mass is 423 g/mol. The van der Waals surface area contributed by atoms with Crippen molar-refractivity contribution in [2.45, 2.75) is 18.7 Å². The van der Waals surface area contributed by atoms with Crippen LogP contribution in [-0.2, 0) is 14.8 Å². The molecule has 0 aliphatic carbocycles. The SMILES string of the molecule is CC(=O)c1ccc(NC(=O)CN(c2ccc(C)cc2)S(=O)(=O)c2cccnc2)cc1. The van der Waals surface area contributed by atoms with Crippen LogP contribution in [0.25, 0.3) is 0 Å². The largest absolute Gasteiger partial charge is 0.325 e. The number of aromatic nitrogens is 1. The standard InChI is InChI=1S/C22H21N3O4S/c1-16-5-11-20(12-6-16)25(30(28,29)21-4-3-13-23-14-21)15-22(27)24-19-9-7-18(8-10-19)17(2)26/h3-14H,15H2,1-2H3,(H,24,27). The highest BCUT2D eigenvalue weighted by molar-refractivity contribution is 7.92. The second kappa shape index (κ2) is 8.87. The minimum atomic E-state index is -4.01. The lowest BCUT2D eigenvalue weighted by Crippen LogP contribution is -2.38. The summed E-state index contributed by atoms with van der Waals surface area (Å²) in [5.41, 5.74) is 2.32. The van der Waals surface area contributed by atoms with Crippen LogP contribution in [0.15, 0.2) is 78.0 Å². The fourth-order valence-corrected chi connectivity index (χ4v) is 4.16. The molecule has 3 rings (SSSR count). The van der Waals surface area contributed by atoms with Crippen molar-refractivity contribution in [2.75, 3.05) is 16.2 Å². The van der Waals surface area contributed by atoms with Crippen LogP contribution in [0.1, 0.15) is 22.8 Å². The van der Waals surface area contributed by atoms with Crippen LogP contribution >= 0.6 is 0 Å². The molecule has 30 heavy (non-hydrogen) atoms. The van der Waals surface area contributed by atoms with Crippen molar-refractivity contribution in [1.82, 2.24) is 4.98 Å². The number of sulfonamides is 1. The first-order valence-corrected chi connectivity index (χ1v) is 10.6. The van der Waals surface area contributed by atoms with Gasteiger partial charge in [0.25, 0.3) is 10.0 Å². The second-order valence-corrected chi connectivity index (χ2v) is 8.58. The van der Waals surface area contributed by atoms with Gasteiger partial charge in [-0.25, -0.2) is 8.42 Å². The highest BCUT2D eigenvalue weighted by Crippen LogP contribution is 2.24. The minimum Gasteiger partial charge on any atom is -0.325 e. The fraction of sp³-hybridized carbons (Fsp3) is 0.136. The van der Waals surface area contributed by atoms with Crippen molar-refractivity contribution in [3.05, 3.63) is 84.2 Å². The van der Waals surface area contributed by atoms with Crippen LogP contribution in [0.3, 0.4) is 0 Å². The Morgan fingerprint density at radius 3 is 2.23 bits per heavy atom. The van der Waals surface area contributed by atoms with Gasteiger partial charge in [-0.2, -0.15) is 0 Å². The molecule has 0 radical (unpaired) electrons. The number of rotatable bonds is 7. The molecule has 0 bridgehead atoms. The zero-order valence-electron chi connectivity index (χ0n) is 16.6. The van der Waals surface area contributed by atoms with Gasteiger partial charge in [0.2, 0.25) is 5.91 Å². The first-order chi connectivity index (χ1) is 14.3. The van der Waals surface area contributed by atoms with Crippen molar-refractivity contribution >= 4 is 33.1 Å². The lowest BCUT2D eigenvalue weighted by atomic mass is 10.1. The maximum Gasteiger partial charge on any atom is 0.266 e. The number of hydrogen-bond acceptors (Lipinski definition) is 5. The molecule has 0 aliphatic heterocycles. The Bertz CT molecular complexity index is 1140. The highest BCUT2D eigenvalue weighted by Gasteiger charge is 2.27. The molecule has 0 spiro atoms. The van der Waals surface area contributed by atoms with E-state index in [1.807, 2.05) is 6.92 Å². The molecule has 154 valence electrons. The van der Waals surface area contributed by atoms with E-state index < -0.39 is 22.5 Å². The van der Waals surface area contributed by atoms with Gasteiger partial charge in [0.15, 0.2) is 5.78 Å². The molecule has 1 N–H and O–H groups in total. The predicted octanol–water partition coefficient (Wildman–Crippen LogP) is 3.43.